The predicted octanol–water partition coefficient (Wildman–Crippen LogP) is 1.74. The maximum Gasteiger partial charge on any atom is 0.241 e. The van der Waals surface area contributed by atoms with Crippen LogP contribution in [-0.4, -0.2) is 25.2 Å². The first-order valence-corrected chi connectivity index (χ1v) is 7.57. The van der Waals surface area contributed by atoms with Crippen LogP contribution in [0.1, 0.15) is 13.8 Å². The predicted molar refractivity (Wildman–Crippen MR) is 74.0 cm³/mol. The number of rotatable bonds is 3. The highest BCUT2D eigenvalue weighted by atomic mass is 32.2. The minimum atomic E-state index is -3.83. The Hall–Kier alpha value is -1.50. The van der Waals surface area contributed by atoms with Crippen molar-refractivity contribution in [3.63, 3.8) is 0 Å². The molecule has 0 radical (unpaired) electrons. The molecule has 0 amide bonds. The van der Waals surface area contributed by atoms with Crippen molar-refractivity contribution in [1.82, 2.24) is 4.72 Å². The zero-order valence-electron chi connectivity index (χ0n) is 11.2. The smallest absolute Gasteiger partial charge is 0.241 e. The van der Waals surface area contributed by atoms with Gasteiger partial charge in [-0.05, 0) is 43.7 Å². The quantitative estimate of drug-likeness (QED) is 0.893. The molecule has 1 aliphatic carbocycles. The molecule has 0 spiro atoms. The molecule has 0 fully saturated rings. The topological polar surface area (TPSA) is 66.4 Å². The summed E-state index contributed by atoms with van der Waals surface area (Å²) in [6.45, 7) is 3.27. The van der Waals surface area contributed by atoms with Crippen molar-refractivity contribution in [2.75, 3.05) is 0 Å². The van der Waals surface area contributed by atoms with Crippen molar-refractivity contribution in [3.8, 4) is 0 Å². The van der Waals surface area contributed by atoms with E-state index in [0.717, 1.165) is 12.1 Å². The van der Waals surface area contributed by atoms with Crippen molar-refractivity contribution < 1.29 is 17.9 Å². The number of halogens is 1. The van der Waals surface area contributed by atoms with Gasteiger partial charge in [0.05, 0.1) is 10.9 Å². The largest absolute Gasteiger partial charge is 0.384 e. The van der Waals surface area contributed by atoms with Gasteiger partial charge in [0.25, 0.3) is 0 Å². The highest BCUT2D eigenvalue weighted by Crippen LogP contribution is 2.26. The lowest BCUT2D eigenvalue weighted by atomic mass is 9.86. The Morgan fingerprint density at radius 3 is 2.50 bits per heavy atom. The Morgan fingerprint density at radius 2 is 1.90 bits per heavy atom. The fraction of sp³-hybridized carbons (Fsp3) is 0.286. The highest BCUT2D eigenvalue weighted by Gasteiger charge is 2.36. The van der Waals surface area contributed by atoms with E-state index in [1.165, 1.54) is 12.1 Å². The number of benzene rings is 1. The first-order chi connectivity index (χ1) is 9.23. The van der Waals surface area contributed by atoms with Crippen LogP contribution in [0.25, 0.3) is 0 Å². The summed E-state index contributed by atoms with van der Waals surface area (Å²) in [6.07, 6.45) is 4.99. The molecular weight excluding hydrogens is 281 g/mol. The molecule has 0 aromatic heterocycles. The van der Waals surface area contributed by atoms with Crippen molar-refractivity contribution in [2.24, 2.45) is 0 Å². The second kappa shape index (κ2) is 5.12. The first-order valence-electron chi connectivity index (χ1n) is 6.09. The summed E-state index contributed by atoms with van der Waals surface area (Å²) in [5.74, 6) is -0.507. The number of hydrogen-bond acceptors (Lipinski definition) is 3. The second-order valence-corrected chi connectivity index (χ2v) is 6.65. The standard InChI is InChI=1S/C14H16FNO3S/c1-10-4-3-5-13(14(10,2)17)16-20(18,19)12-8-6-11(15)7-9-12/h3-9,13,16-17H,1-2H3. The molecule has 2 N–H and O–H groups in total. The van der Waals surface area contributed by atoms with Gasteiger partial charge in [-0.15, -0.1) is 0 Å². The molecule has 20 heavy (non-hydrogen) atoms. The molecular formula is C14H16FNO3S. The Bertz CT molecular complexity index is 660. The third kappa shape index (κ3) is 2.82. The zero-order chi connectivity index (χ0) is 15.0. The van der Waals surface area contributed by atoms with Crippen molar-refractivity contribution in [2.45, 2.75) is 30.4 Å². The summed E-state index contributed by atoms with van der Waals surface area (Å²) in [4.78, 5) is -0.0460. The average molecular weight is 297 g/mol. The van der Waals surface area contributed by atoms with Gasteiger partial charge in [0.2, 0.25) is 10.0 Å². The molecule has 6 heteroatoms. The molecule has 1 aliphatic rings. The van der Waals surface area contributed by atoms with Gasteiger partial charge in [-0.2, -0.15) is 0 Å². The molecule has 4 nitrogen and oxygen atoms in total. The van der Waals surface area contributed by atoms with Gasteiger partial charge < -0.3 is 5.11 Å². The van der Waals surface area contributed by atoms with Crippen LogP contribution in [0.2, 0.25) is 0 Å². The van der Waals surface area contributed by atoms with E-state index in [2.05, 4.69) is 4.72 Å². The van der Waals surface area contributed by atoms with Crippen LogP contribution >= 0.6 is 0 Å². The summed E-state index contributed by atoms with van der Waals surface area (Å²) in [6, 6.07) is 3.74. The Morgan fingerprint density at radius 1 is 1.30 bits per heavy atom. The van der Waals surface area contributed by atoms with E-state index >= 15 is 0 Å². The maximum atomic E-state index is 12.8. The Labute approximate surface area is 117 Å². The number of nitrogens with one attached hydrogen (secondary N) is 1. The first kappa shape index (κ1) is 14.9. The van der Waals surface area contributed by atoms with E-state index in [0.29, 0.717) is 5.57 Å². The molecule has 1 aromatic rings. The maximum absolute atomic E-state index is 12.8. The fourth-order valence-corrected chi connectivity index (χ4v) is 3.19. The summed E-state index contributed by atoms with van der Waals surface area (Å²) in [5.41, 5.74) is -0.645. The molecule has 0 saturated carbocycles. The van der Waals surface area contributed by atoms with Crippen molar-refractivity contribution in [1.29, 1.82) is 0 Å². The van der Waals surface area contributed by atoms with Crippen LogP contribution in [0.4, 0.5) is 4.39 Å². The molecule has 0 saturated heterocycles. The molecule has 2 atom stereocenters. The number of sulfonamides is 1. The Kier molecular flexibility index (Phi) is 3.82. The highest BCUT2D eigenvalue weighted by molar-refractivity contribution is 7.89. The van der Waals surface area contributed by atoms with E-state index in [-0.39, 0.29) is 4.90 Å². The molecule has 2 unspecified atom stereocenters. The number of aliphatic hydroxyl groups is 1. The van der Waals surface area contributed by atoms with Crippen LogP contribution in [0, 0.1) is 5.82 Å². The van der Waals surface area contributed by atoms with Crippen LogP contribution in [0.15, 0.2) is 53.0 Å². The molecule has 1 aromatic carbocycles. The van der Waals surface area contributed by atoms with Gasteiger partial charge in [-0.3, -0.25) is 0 Å². The van der Waals surface area contributed by atoms with Crippen LogP contribution in [-0.2, 0) is 10.0 Å². The monoisotopic (exact) mass is 297 g/mol. The molecule has 0 bridgehead atoms. The minimum absolute atomic E-state index is 0.0460. The lowest BCUT2D eigenvalue weighted by Crippen LogP contribution is -2.51. The van der Waals surface area contributed by atoms with E-state index in [9.17, 15) is 17.9 Å². The van der Waals surface area contributed by atoms with Gasteiger partial charge in [-0.25, -0.2) is 17.5 Å². The summed E-state index contributed by atoms with van der Waals surface area (Å²) < 4.78 is 39.7. The van der Waals surface area contributed by atoms with E-state index in [1.807, 2.05) is 0 Å². The lowest BCUT2D eigenvalue weighted by molar-refractivity contribution is 0.0781. The number of allylic oxidation sites excluding steroid dienone is 2. The Balaban J connectivity index is 2.27. The molecule has 0 heterocycles. The van der Waals surface area contributed by atoms with Crippen LogP contribution in [0.5, 0.6) is 0 Å². The van der Waals surface area contributed by atoms with Gasteiger partial charge in [-0.1, -0.05) is 18.2 Å². The van der Waals surface area contributed by atoms with Crippen LogP contribution in [0.3, 0.4) is 0 Å². The third-order valence-corrected chi connectivity index (χ3v) is 4.92. The van der Waals surface area contributed by atoms with Gasteiger partial charge in [0, 0.05) is 0 Å². The van der Waals surface area contributed by atoms with Crippen molar-refractivity contribution in [3.05, 3.63) is 53.9 Å². The van der Waals surface area contributed by atoms with E-state index < -0.39 is 27.5 Å². The van der Waals surface area contributed by atoms with Crippen LogP contribution < -0.4 is 4.72 Å². The summed E-state index contributed by atoms with van der Waals surface area (Å²) >= 11 is 0. The average Bonchev–Trinajstić information content (AvgIpc) is 2.36. The number of hydrogen-bond donors (Lipinski definition) is 2. The van der Waals surface area contributed by atoms with Gasteiger partial charge in [0.15, 0.2) is 0 Å². The fourth-order valence-electron chi connectivity index (χ4n) is 1.92. The normalized spacial score (nSPS) is 26.4. The zero-order valence-corrected chi connectivity index (χ0v) is 12.0. The SMILES string of the molecule is CC1=CC=CC(NS(=O)(=O)c2ccc(F)cc2)C1(C)O. The van der Waals surface area contributed by atoms with E-state index in [1.54, 1.807) is 32.1 Å². The molecule has 108 valence electrons. The summed E-state index contributed by atoms with van der Waals surface area (Å²) in [5, 5.41) is 10.4. The third-order valence-electron chi connectivity index (χ3n) is 3.46. The minimum Gasteiger partial charge on any atom is -0.384 e. The van der Waals surface area contributed by atoms with Gasteiger partial charge in [0.1, 0.15) is 11.4 Å². The second-order valence-electron chi connectivity index (χ2n) is 4.93. The lowest BCUT2D eigenvalue weighted by Gasteiger charge is -2.34. The summed E-state index contributed by atoms with van der Waals surface area (Å²) in [7, 11) is -3.83. The molecule has 2 rings (SSSR count). The van der Waals surface area contributed by atoms with E-state index in [4.69, 9.17) is 0 Å². The molecule has 0 aliphatic heterocycles. The van der Waals surface area contributed by atoms with Gasteiger partial charge >= 0.3 is 0 Å². The van der Waals surface area contributed by atoms with Crippen molar-refractivity contribution >= 4 is 10.0 Å².